The topological polar surface area (TPSA) is 26.3 Å². The van der Waals surface area contributed by atoms with Crippen LogP contribution in [0.4, 0.5) is 0 Å². The SMILES string of the molecule is CCCCC=CCCCCCCCC(=O)OCCCCCCCCCCCCC. The number of carbonyl (C=O) groups is 1. The number of unbranched alkanes of at least 4 members (excludes halogenated alkanes) is 17. The third-order valence-corrected chi connectivity index (χ3v) is 5.65. The Balaban J connectivity index is 3.18. The molecule has 0 spiro atoms. The van der Waals surface area contributed by atoms with Gasteiger partial charge in [-0.3, -0.25) is 4.79 Å². The van der Waals surface area contributed by atoms with Gasteiger partial charge in [-0.15, -0.1) is 0 Å². The van der Waals surface area contributed by atoms with Crippen LogP contribution in [-0.4, -0.2) is 12.6 Å². The summed E-state index contributed by atoms with van der Waals surface area (Å²) in [5, 5.41) is 0. The smallest absolute Gasteiger partial charge is 0.305 e. The molecule has 172 valence electrons. The Morgan fingerprint density at radius 2 is 1.00 bits per heavy atom. The van der Waals surface area contributed by atoms with Crippen LogP contribution in [0.2, 0.25) is 0 Å². The molecule has 0 unspecified atom stereocenters. The Hall–Kier alpha value is -0.790. The molecule has 0 fully saturated rings. The number of ether oxygens (including phenoxy) is 1. The molecule has 0 aromatic rings. The van der Waals surface area contributed by atoms with E-state index in [-0.39, 0.29) is 5.97 Å². The van der Waals surface area contributed by atoms with Gasteiger partial charge in [-0.2, -0.15) is 0 Å². The summed E-state index contributed by atoms with van der Waals surface area (Å²) in [7, 11) is 0. The molecule has 0 aliphatic carbocycles. The second-order valence-corrected chi connectivity index (χ2v) is 8.68. The summed E-state index contributed by atoms with van der Waals surface area (Å²) in [4.78, 5) is 11.8. The van der Waals surface area contributed by atoms with Gasteiger partial charge in [0.25, 0.3) is 0 Å². The number of allylic oxidation sites excluding steroid dienone is 2. The molecule has 0 heterocycles. The number of rotatable bonds is 23. The normalized spacial score (nSPS) is 11.4. The van der Waals surface area contributed by atoms with Gasteiger partial charge >= 0.3 is 5.97 Å². The highest BCUT2D eigenvalue weighted by Crippen LogP contribution is 2.12. The lowest BCUT2D eigenvalue weighted by Crippen LogP contribution is -2.05. The first-order valence-electron chi connectivity index (χ1n) is 13.1. The van der Waals surface area contributed by atoms with Crippen LogP contribution >= 0.6 is 0 Å². The highest BCUT2D eigenvalue weighted by atomic mass is 16.5. The van der Waals surface area contributed by atoms with E-state index in [0.29, 0.717) is 13.0 Å². The fraction of sp³-hybridized carbons (Fsp3) is 0.889. The highest BCUT2D eigenvalue weighted by Gasteiger charge is 2.02. The molecule has 2 nitrogen and oxygen atoms in total. The fourth-order valence-electron chi connectivity index (χ4n) is 3.64. The lowest BCUT2D eigenvalue weighted by Gasteiger charge is -2.05. The van der Waals surface area contributed by atoms with Gasteiger partial charge in [0.05, 0.1) is 6.61 Å². The molecule has 0 saturated carbocycles. The van der Waals surface area contributed by atoms with Crippen molar-refractivity contribution >= 4 is 5.97 Å². The number of carbonyl (C=O) groups excluding carboxylic acids is 1. The molecule has 0 radical (unpaired) electrons. The third-order valence-electron chi connectivity index (χ3n) is 5.65. The Morgan fingerprint density at radius 3 is 1.59 bits per heavy atom. The molecule has 0 saturated heterocycles. The van der Waals surface area contributed by atoms with Crippen molar-refractivity contribution in [1.29, 1.82) is 0 Å². The first-order chi connectivity index (χ1) is 14.3. The zero-order valence-corrected chi connectivity index (χ0v) is 20.0. The van der Waals surface area contributed by atoms with Gasteiger partial charge in [-0.25, -0.2) is 0 Å². The van der Waals surface area contributed by atoms with E-state index in [1.165, 1.54) is 109 Å². The molecule has 0 rings (SSSR count). The van der Waals surface area contributed by atoms with Crippen molar-refractivity contribution in [3.8, 4) is 0 Å². The van der Waals surface area contributed by atoms with Crippen molar-refractivity contribution in [3.63, 3.8) is 0 Å². The quantitative estimate of drug-likeness (QED) is 0.0956. The largest absolute Gasteiger partial charge is 0.466 e. The summed E-state index contributed by atoms with van der Waals surface area (Å²) in [6.45, 7) is 5.14. The molecule has 0 bridgehead atoms. The Labute approximate surface area is 183 Å². The monoisotopic (exact) mass is 408 g/mol. The van der Waals surface area contributed by atoms with E-state index in [9.17, 15) is 4.79 Å². The third kappa shape index (κ3) is 25.2. The number of hydrogen-bond acceptors (Lipinski definition) is 2. The lowest BCUT2D eigenvalue weighted by molar-refractivity contribution is -0.143. The van der Waals surface area contributed by atoms with E-state index in [1.807, 2.05) is 0 Å². The number of hydrogen-bond donors (Lipinski definition) is 0. The average Bonchev–Trinajstić information content (AvgIpc) is 2.72. The van der Waals surface area contributed by atoms with Crippen molar-refractivity contribution in [1.82, 2.24) is 0 Å². The Kier molecular flexibility index (Phi) is 24.6. The zero-order chi connectivity index (χ0) is 21.3. The molecule has 0 aliphatic rings. The van der Waals surface area contributed by atoms with Crippen molar-refractivity contribution < 1.29 is 9.53 Å². The Morgan fingerprint density at radius 1 is 0.552 bits per heavy atom. The van der Waals surface area contributed by atoms with Crippen LogP contribution in [0.5, 0.6) is 0 Å². The standard InChI is InChI=1S/C27H52O2/c1-3-5-7-9-11-13-15-17-19-21-23-25-27(28)29-26-24-22-20-18-16-14-12-10-8-6-4-2/h9,11H,3-8,10,12-26H2,1-2H3. The minimum absolute atomic E-state index is 0.0101. The maximum Gasteiger partial charge on any atom is 0.305 e. The van der Waals surface area contributed by atoms with Gasteiger partial charge in [-0.05, 0) is 32.1 Å². The molecule has 0 aromatic heterocycles. The van der Waals surface area contributed by atoms with Gasteiger partial charge in [-0.1, -0.05) is 122 Å². The summed E-state index contributed by atoms with van der Waals surface area (Å²) in [5.74, 6) is 0.0101. The van der Waals surface area contributed by atoms with Gasteiger partial charge in [0.15, 0.2) is 0 Å². The summed E-state index contributed by atoms with van der Waals surface area (Å²) in [6.07, 6.45) is 30.9. The van der Waals surface area contributed by atoms with Crippen LogP contribution in [0, 0.1) is 0 Å². The average molecular weight is 409 g/mol. The molecule has 0 atom stereocenters. The highest BCUT2D eigenvalue weighted by molar-refractivity contribution is 5.69. The molecule has 0 amide bonds. The summed E-state index contributed by atoms with van der Waals surface area (Å²) in [5.41, 5.74) is 0. The van der Waals surface area contributed by atoms with Crippen molar-refractivity contribution in [3.05, 3.63) is 12.2 Å². The maximum atomic E-state index is 11.8. The van der Waals surface area contributed by atoms with E-state index >= 15 is 0 Å². The molecule has 0 N–H and O–H groups in total. The number of esters is 1. The van der Waals surface area contributed by atoms with Crippen LogP contribution in [0.25, 0.3) is 0 Å². The molecule has 29 heavy (non-hydrogen) atoms. The van der Waals surface area contributed by atoms with E-state index in [4.69, 9.17) is 4.74 Å². The lowest BCUT2D eigenvalue weighted by atomic mass is 10.1. The van der Waals surface area contributed by atoms with Crippen LogP contribution < -0.4 is 0 Å². The minimum atomic E-state index is 0.0101. The summed E-state index contributed by atoms with van der Waals surface area (Å²) in [6, 6.07) is 0. The van der Waals surface area contributed by atoms with Gasteiger partial charge < -0.3 is 4.74 Å². The molecule has 0 aliphatic heterocycles. The first kappa shape index (κ1) is 28.2. The van der Waals surface area contributed by atoms with E-state index in [1.54, 1.807) is 0 Å². The zero-order valence-electron chi connectivity index (χ0n) is 20.0. The van der Waals surface area contributed by atoms with Gasteiger partial charge in [0.2, 0.25) is 0 Å². The van der Waals surface area contributed by atoms with Crippen LogP contribution in [-0.2, 0) is 9.53 Å². The van der Waals surface area contributed by atoms with Crippen molar-refractivity contribution in [2.45, 2.75) is 149 Å². The fourth-order valence-corrected chi connectivity index (χ4v) is 3.64. The van der Waals surface area contributed by atoms with E-state index in [0.717, 1.165) is 19.3 Å². The predicted molar refractivity (Wildman–Crippen MR) is 128 cm³/mol. The second kappa shape index (κ2) is 25.2. The van der Waals surface area contributed by atoms with Crippen molar-refractivity contribution in [2.75, 3.05) is 6.61 Å². The summed E-state index contributed by atoms with van der Waals surface area (Å²) >= 11 is 0. The minimum Gasteiger partial charge on any atom is -0.466 e. The Bertz CT molecular complexity index is 348. The molecular weight excluding hydrogens is 356 g/mol. The molecular formula is C27H52O2. The van der Waals surface area contributed by atoms with Crippen LogP contribution in [0.1, 0.15) is 149 Å². The second-order valence-electron chi connectivity index (χ2n) is 8.68. The van der Waals surface area contributed by atoms with E-state index < -0.39 is 0 Å². The predicted octanol–water partition coefficient (Wildman–Crippen LogP) is 9.32. The van der Waals surface area contributed by atoms with E-state index in [2.05, 4.69) is 26.0 Å². The molecule has 2 heteroatoms. The van der Waals surface area contributed by atoms with Crippen LogP contribution in [0.3, 0.4) is 0 Å². The van der Waals surface area contributed by atoms with Crippen LogP contribution in [0.15, 0.2) is 12.2 Å². The van der Waals surface area contributed by atoms with Gasteiger partial charge in [0.1, 0.15) is 0 Å². The van der Waals surface area contributed by atoms with Gasteiger partial charge in [0, 0.05) is 6.42 Å². The maximum absolute atomic E-state index is 11.8. The first-order valence-corrected chi connectivity index (χ1v) is 13.1. The summed E-state index contributed by atoms with van der Waals surface area (Å²) < 4.78 is 5.37. The van der Waals surface area contributed by atoms with Crippen molar-refractivity contribution in [2.24, 2.45) is 0 Å². The molecule has 0 aromatic carbocycles.